The maximum atomic E-state index is 11.8. The second-order valence-electron chi connectivity index (χ2n) is 4.38. The quantitative estimate of drug-likeness (QED) is 0.538. The van der Waals surface area contributed by atoms with Crippen LogP contribution in [0.2, 0.25) is 0 Å². The number of thiophene rings is 1. The van der Waals surface area contributed by atoms with Gasteiger partial charge in [0, 0.05) is 10.0 Å². The number of carbonyl (C=O) groups excluding carboxylic acids is 1. The van der Waals surface area contributed by atoms with E-state index in [1.54, 1.807) is 29.6 Å². The lowest BCUT2D eigenvalue weighted by atomic mass is 10.2. The van der Waals surface area contributed by atoms with E-state index in [2.05, 4.69) is 26.5 Å². The number of methoxy groups -OCH3 is 1. The molecule has 0 radical (unpaired) electrons. The molecule has 0 aliphatic heterocycles. The fourth-order valence-electron chi connectivity index (χ4n) is 1.68. The van der Waals surface area contributed by atoms with Crippen molar-refractivity contribution in [2.75, 3.05) is 13.7 Å². The van der Waals surface area contributed by atoms with Crippen LogP contribution in [0.15, 0.2) is 39.2 Å². The van der Waals surface area contributed by atoms with Crippen molar-refractivity contribution in [3.05, 3.63) is 44.6 Å². The van der Waals surface area contributed by atoms with Gasteiger partial charge in [0.2, 0.25) is 0 Å². The number of carbonyl (C=O) groups is 2. The van der Waals surface area contributed by atoms with Gasteiger partial charge >= 0.3 is 5.97 Å². The highest BCUT2D eigenvalue weighted by atomic mass is 79.9. The molecule has 1 aromatic carbocycles. The van der Waals surface area contributed by atoms with E-state index in [9.17, 15) is 9.59 Å². The molecule has 2 aromatic rings. The Morgan fingerprint density at radius 2 is 2.21 bits per heavy atom. The number of ether oxygens (including phenoxy) is 2. The van der Waals surface area contributed by atoms with Crippen molar-refractivity contribution in [2.45, 2.75) is 0 Å². The molecule has 1 amide bonds. The molecule has 0 saturated heterocycles. The lowest BCUT2D eigenvalue weighted by molar-refractivity contribution is -0.139. The molecule has 0 unspecified atom stereocenters. The summed E-state index contributed by atoms with van der Waals surface area (Å²) in [6.45, 7) is -0.479. The standard InChI is InChI=1S/C15H13BrN2O5S/c1-22-11-5-9(10(16)6-12(11)23-8-14(19)20)7-17-18-15(21)13-3-2-4-24-13/h2-7H,8H2,1H3,(H,18,21)(H,19,20). The van der Waals surface area contributed by atoms with Gasteiger partial charge in [-0.2, -0.15) is 5.10 Å². The summed E-state index contributed by atoms with van der Waals surface area (Å²) in [7, 11) is 1.44. The molecule has 0 spiro atoms. The largest absolute Gasteiger partial charge is 0.493 e. The summed E-state index contributed by atoms with van der Waals surface area (Å²) >= 11 is 4.66. The lowest BCUT2D eigenvalue weighted by Gasteiger charge is -2.11. The zero-order chi connectivity index (χ0) is 17.5. The molecule has 0 atom stereocenters. The Labute approximate surface area is 150 Å². The van der Waals surface area contributed by atoms with Crippen molar-refractivity contribution >= 4 is 45.4 Å². The van der Waals surface area contributed by atoms with Crippen LogP contribution in [-0.4, -0.2) is 36.9 Å². The van der Waals surface area contributed by atoms with E-state index < -0.39 is 12.6 Å². The zero-order valence-corrected chi connectivity index (χ0v) is 14.9. The number of amides is 1. The predicted molar refractivity (Wildman–Crippen MR) is 93.2 cm³/mol. The van der Waals surface area contributed by atoms with Gasteiger partial charge in [0.1, 0.15) is 0 Å². The number of rotatable bonds is 7. The van der Waals surface area contributed by atoms with E-state index in [0.29, 0.717) is 20.7 Å². The van der Waals surface area contributed by atoms with Gasteiger partial charge in [-0.3, -0.25) is 4.79 Å². The Hall–Kier alpha value is -2.39. The summed E-state index contributed by atoms with van der Waals surface area (Å²) in [5.74, 6) is -0.752. The minimum absolute atomic E-state index is 0.284. The molecule has 0 saturated carbocycles. The van der Waals surface area contributed by atoms with Crippen LogP contribution in [0.1, 0.15) is 15.2 Å². The van der Waals surface area contributed by atoms with Gasteiger partial charge in [-0.25, -0.2) is 10.2 Å². The number of halogens is 1. The molecule has 126 valence electrons. The molecule has 0 fully saturated rings. The second kappa shape index (κ2) is 8.46. The summed E-state index contributed by atoms with van der Waals surface area (Å²) in [4.78, 5) is 22.9. The molecule has 9 heteroatoms. The van der Waals surface area contributed by atoms with Crippen LogP contribution in [0.3, 0.4) is 0 Å². The SMILES string of the molecule is COc1cc(C=NNC(=O)c2cccs2)c(Br)cc1OCC(=O)O. The van der Waals surface area contributed by atoms with E-state index in [1.165, 1.54) is 24.7 Å². The number of nitrogens with zero attached hydrogens (tertiary/aromatic N) is 1. The monoisotopic (exact) mass is 412 g/mol. The van der Waals surface area contributed by atoms with Crippen LogP contribution in [-0.2, 0) is 4.79 Å². The van der Waals surface area contributed by atoms with E-state index >= 15 is 0 Å². The lowest BCUT2D eigenvalue weighted by Crippen LogP contribution is -2.16. The topological polar surface area (TPSA) is 97.2 Å². The number of hydrazone groups is 1. The van der Waals surface area contributed by atoms with Crippen molar-refractivity contribution in [3.8, 4) is 11.5 Å². The van der Waals surface area contributed by atoms with Crippen LogP contribution in [0, 0.1) is 0 Å². The van der Waals surface area contributed by atoms with Crippen LogP contribution in [0.5, 0.6) is 11.5 Å². The third-order valence-corrected chi connectivity index (χ3v) is 4.30. The smallest absolute Gasteiger partial charge is 0.341 e. The van der Waals surface area contributed by atoms with Gasteiger partial charge in [0.05, 0.1) is 18.2 Å². The second-order valence-corrected chi connectivity index (χ2v) is 6.19. The summed E-state index contributed by atoms with van der Waals surface area (Å²) in [5.41, 5.74) is 3.05. The summed E-state index contributed by atoms with van der Waals surface area (Å²) < 4.78 is 10.9. The molecule has 2 rings (SSSR count). The Bertz CT molecular complexity index is 761. The highest BCUT2D eigenvalue weighted by Crippen LogP contribution is 2.32. The molecule has 0 bridgehead atoms. The zero-order valence-electron chi connectivity index (χ0n) is 12.5. The number of benzene rings is 1. The first kappa shape index (κ1) is 18.0. The molecular formula is C15H13BrN2O5S. The van der Waals surface area contributed by atoms with Crippen LogP contribution < -0.4 is 14.9 Å². The first-order valence-electron chi connectivity index (χ1n) is 6.60. The molecule has 1 aromatic heterocycles. The normalized spacial score (nSPS) is 10.6. The van der Waals surface area contributed by atoms with E-state index in [1.807, 2.05) is 0 Å². The van der Waals surface area contributed by atoms with Gasteiger partial charge in [-0.15, -0.1) is 11.3 Å². The summed E-state index contributed by atoms with van der Waals surface area (Å²) in [5, 5.41) is 14.4. The first-order valence-corrected chi connectivity index (χ1v) is 8.27. The summed E-state index contributed by atoms with van der Waals surface area (Å²) in [6, 6.07) is 6.66. The van der Waals surface area contributed by atoms with Crippen molar-refractivity contribution in [3.63, 3.8) is 0 Å². The Balaban J connectivity index is 2.11. The summed E-state index contributed by atoms with van der Waals surface area (Å²) in [6.07, 6.45) is 1.44. The number of carboxylic acid groups (broad SMARTS) is 1. The van der Waals surface area contributed by atoms with Crippen molar-refractivity contribution in [1.29, 1.82) is 0 Å². The molecular weight excluding hydrogens is 400 g/mol. The highest BCUT2D eigenvalue weighted by Gasteiger charge is 2.11. The minimum Gasteiger partial charge on any atom is -0.493 e. The van der Waals surface area contributed by atoms with Crippen LogP contribution in [0.25, 0.3) is 0 Å². The molecule has 2 N–H and O–H groups in total. The van der Waals surface area contributed by atoms with Crippen molar-refractivity contribution in [2.24, 2.45) is 5.10 Å². The number of nitrogens with one attached hydrogen (secondary N) is 1. The van der Waals surface area contributed by atoms with E-state index in [-0.39, 0.29) is 11.7 Å². The minimum atomic E-state index is -1.09. The predicted octanol–water partition coefficient (Wildman–Crippen LogP) is 2.75. The van der Waals surface area contributed by atoms with E-state index in [0.717, 1.165) is 0 Å². The third-order valence-electron chi connectivity index (χ3n) is 2.75. The number of carboxylic acids is 1. The molecule has 0 aliphatic rings. The molecule has 1 heterocycles. The van der Waals surface area contributed by atoms with Gasteiger partial charge < -0.3 is 14.6 Å². The average Bonchev–Trinajstić information content (AvgIpc) is 3.08. The van der Waals surface area contributed by atoms with Gasteiger partial charge in [-0.1, -0.05) is 6.07 Å². The van der Waals surface area contributed by atoms with Crippen LogP contribution in [0.4, 0.5) is 0 Å². The number of hydrogen-bond acceptors (Lipinski definition) is 6. The van der Waals surface area contributed by atoms with Crippen LogP contribution >= 0.6 is 27.3 Å². The average molecular weight is 413 g/mol. The maximum absolute atomic E-state index is 11.8. The Morgan fingerprint density at radius 1 is 1.42 bits per heavy atom. The highest BCUT2D eigenvalue weighted by molar-refractivity contribution is 9.10. The Morgan fingerprint density at radius 3 is 2.83 bits per heavy atom. The first-order chi connectivity index (χ1) is 11.5. The third kappa shape index (κ3) is 4.80. The van der Waals surface area contributed by atoms with Gasteiger partial charge in [-0.05, 0) is 39.5 Å². The van der Waals surface area contributed by atoms with Crippen molar-refractivity contribution in [1.82, 2.24) is 5.43 Å². The number of hydrogen-bond donors (Lipinski definition) is 2. The molecule has 7 nitrogen and oxygen atoms in total. The molecule has 0 aliphatic carbocycles. The van der Waals surface area contributed by atoms with Gasteiger partial charge in [0.15, 0.2) is 18.1 Å². The number of aliphatic carboxylic acids is 1. The Kier molecular flexibility index (Phi) is 6.33. The fourth-order valence-corrected chi connectivity index (χ4v) is 2.72. The fraction of sp³-hybridized carbons (Fsp3) is 0.133. The van der Waals surface area contributed by atoms with E-state index in [4.69, 9.17) is 14.6 Å². The van der Waals surface area contributed by atoms with Crippen molar-refractivity contribution < 1.29 is 24.2 Å². The van der Waals surface area contributed by atoms with Gasteiger partial charge in [0.25, 0.3) is 5.91 Å². The molecule has 24 heavy (non-hydrogen) atoms. The maximum Gasteiger partial charge on any atom is 0.341 e.